The molecule has 1 aliphatic heterocycles. The monoisotopic (exact) mass is 429 g/mol. The smallest absolute Gasteiger partial charge is 0.235 e. The highest BCUT2D eigenvalue weighted by atomic mass is 16.5. The second-order valence-electron chi connectivity index (χ2n) is 7.71. The van der Waals surface area contributed by atoms with E-state index in [2.05, 4.69) is 24.0 Å². The number of rotatable bonds is 5. The first-order valence-electron chi connectivity index (χ1n) is 10.5. The number of methoxy groups -OCH3 is 1. The average Bonchev–Trinajstić information content (AvgIpc) is 2.85. The van der Waals surface area contributed by atoms with E-state index < -0.39 is 0 Å². The minimum Gasteiger partial charge on any atom is -0.493 e. The van der Waals surface area contributed by atoms with E-state index in [1.165, 1.54) is 11.8 Å². The van der Waals surface area contributed by atoms with Gasteiger partial charge in [0.15, 0.2) is 11.5 Å². The normalized spacial score (nSPS) is 14.4. The second-order valence-corrected chi connectivity index (χ2v) is 7.71. The van der Waals surface area contributed by atoms with Gasteiger partial charge < -0.3 is 18.6 Å². The van der Waals surface area contributed by atoms with Gasteiger partial charge in [-0.3, -0.25) is 9.69 Å². The molecule has 6 heteroatoms. The zero-order valence-electron chi connectivity index (χ0n) is 17.9. The van der Waals surface area contributed by atoms with Crippen molar-refractivity contribution in [3.8, 4) is 23.0 Å². The van der Waals surface area contributed by atoms with Crippen molar-refractivity contribution in [3.05, 3.63) is 94.3 Å². The Morgan fingerprint density at radius 1 is 0.938 bits per heavy atom. The topological polar surface area (TPSA) is 61.1 Å². The van der Waals surface area contributed by atoms with Gasteiger partial charge in [-0.1, -0.05) is 42.5 Å². The van der Waals surface area contributed by atoms with Crippen LogP contribution in [0.4, 0.5) is 0 Å². The highest BCUT2D eigenvalue weighted by Crippen LogP contribution is 2.36. The molecule has 0 bridgehead atoms. The van der Waals surface area contributed by atoms with Gasteiger partial charge in [-0.15, -0.1) is 0 Å². The van der Waals surface area contributed by atoms with E-state index >= 15 is 0 Å². The van der Waals surface area contributed by atoms with E-state index in [4.69, 9.17) is 18.6 Å². The van der Waals surface area contributed by atoms with Crippen LogP contribution in [-0.4, -0.2) is 18.7 Å². The summed E-state index contributed by atoms with van der Waals surface area (Å²) in [5.74, 6) is 1.82. The van der Waals surface area contributed by atoms with Crippen LogP contribution in [0.25, 0.3) is 11.0 Å². The molecule has 1 atom stereocenters. The van der Waals surface area contributed by atoms with Gasteiger partial charge in [0.05, 0.1) is 18.1 Å². The van der Waals surface area contributed by atoms with Gasteiger partial charge in [0.2, 0.25) is 11.2 Å². The van der Waals surface area contributed by atoms with Crippen LogP contribution < -0.4 is 19.6 Å². The fourth-order valence-corrected chi connectivity index (χ4v) is 3.99. The van der Waals surface area contributed by atoms with Gasteiger partial charge in [0, 0.05) is 12.6 Å². The molecule has 0 aliphatic carbocycles. The molecule has 162 valence electrons. The second kappa shape index (κ2) is 8.40. The van der Waals surface area contributed by atoms with E-state index in [1.54, 1.807) is 25.3 Å². The quantitative estimate of drug-likeness (QED) is 0.417. The van der Waals surface area contributed by atoms with Gasteiger partial charge in [-0.05, 0) is 36.8 Å². The molecule has 1 unspecified atom stereocenters. The highest BCUT2D eigenvalue weighted by Gasteiger charge is 2.26. The predicted molar refractivity (Wildman–Crippen MR) is 121 cm³/mol. The van der Waals surface area contributed by atoms with Crippen LogP contribution in [0.3, 0.4) is 0 Å². The summed E-state index contributed by atoms with van der Waals surface area (Å²) in [6.07, 6.45) is 1.36. The SMILES string of the molecule is COc1ccccc1Oc1coc2c3c(ccc2c1=O)OCN(C(C)c1ccccc1)C3. The maximum Gasteiger partial charge on any atom is 0.235 e. The molecule has 0 fully saturated rings. The molecule has 0 radical (unpaired) electrons. The van der Waals surface area contributed by atoms with Crippen molar-refractivity contribution < 1.29 is 18.6 Å². The van der Waals surface area contributed by atoms with Crippen molar-refractivity contribution in [2.45, 2.75) is 19.5 Å². The molecule has 32 heavy (non-hydrogen) atoms. The average molecular weight is 429 g/mol. The van der Waals surface area contributed by atoms with Crippen molar-refractivity contribution in [1.29, 1.82) is 0 Å². The Morgan fingerprint density at radius 2 is 1.69 bits per heavy atom. The lowest BCUT2D eigenvalue weighted by Crippen LogP contribution is -2.34. The van der Waals surface area contributed by atoms with Crippen LogP contribution in [0.5, 0.6) is 23.0 Å². The largest absolute Gasteiger partial charge is 0.493 e. The third-order valence-corrected chi connectivity index (χ3v) is 5.84. The summed E-state index contributed by atoms with van der Waals surface area (Å²) in [7, 11) is 1.56. The molecule has 0 N–H and O–H groups in total. The number of ether oxygens (including phenoxy) is 3. The van der Waals surface area contributed by atoms with Crippen LogP contribution >= 0.6 is 0 Å². The van der Waals surface area contributed by atoms with Gasteiger partial charge in [0.25, 0.3) is 0 Å². The zero-order valence-corrected chi connectivity index (χ0v) is 17.9. The van der Waals surface area contributed by atoms with Gasteiger partial charge in [-0.25, -0.2) is 0 Å². The van der Waals surface area contributed by atoms with E-state index in [-0.39, 0.29) is 17.2 Å². The van der Waals surface area contributed by atoms with E-state index in [0.29, 0.717) is 35.7 Å². The van der Waals surface area contributed by atoms with Crippen LogP contribution in [0.2, 0.25) is 0 Å². The van der Waals surface area contributed by atoms with Crippen molar-refractivity contribution >= 4 is 11.0 Å². The maximum atomic E-state index is 13.2. The van der Waals surface area contributed by atoms with Crippen molar-refractivity contribution in [3.63, 3.8) is 0 Å². The predicted octanol–water partition coefficient (Wildman–Crippen LogP) is 5.51. The third-order valence-electron chi connectivity index (χ3n) is 5.84. The molecule has 1 aromatic heterocycles. The van der Waals surface area contributed by atoms with E-state index in [9.17, 15) is 4.79 Å². The first-order valence-corrected chi connectivity index (χ1v) is 10.5. The minimum atomic E-state index is -0.242. The lowest BCUT2D eigenvalue weighted by atomic mass is 10.0. The molecule has 0 amide bonds. The maximum absolute atomic E-state index is 13.2. The summed E-state index contributed by atoms with van der Waals surface area (Å²) in [6.45, 7) is 3.22. The Bertz CT molecular complexity index is 1320. The molecular weight excluding hydrogens is 406 g/mol. The summed E-state index contributed by atoms with van der Waals surface area (Å²) in [6, 6.07) is 21.1. The standard InChI is InChI=1S/C26H23NO5/c1-17(18-8-4-3-5-9-18)27-14-20-21(31-16-27)13-12-19-25(28)24(15-30-26(19)20)32-23-11-7-6-10-22(23)29-2/h3-13,15,17H,14,16H2,1-2H3. The number of nitrogens with zero attached hydrogens (tertiary/aromatic N) is 1. The number of hydrogen-bond acceptors (Lipinski definition) is 6. The fraction of sp³-hybridized carbons (Fsp3) is 0.192. The summed E-state index contributed by atoms with van der Waals surface area (Å²) in [4.78, 5) is 15.4. The number of para-hydroxylation sites is 2. The number of fused-ring (bicyclic) bond motifs is 3. The van der Waals surface area contributed by atoms with Crippen molar-refractivity contribution in [2.75, 3.05) is 13.8 Å². The molecule has 2 heterocycles. The Morgan fingerprint density at radius 3 is 2.47 bits per heavy atom. The summed E-state index contributed by atoms with van der Waals surface area (Å²) in [5, 5.41) is 0.453. The molecule has 0 saturated carbocycles. The Labute approximate surface area is 185 Å². The van der Waals surface area contributed by atoms with Gasteiger partial charge in [0.1, 0.15) is 24.3 Å². The molecule has 0 spiro atoms. The van der Waals surface area contributed by atoms with Crippen molar-refractivity contribution in [1.82, 2.24) is 4.90 Å². The fourth-order valence-electron chi connectivity index (χ4n) is 3.99. The number of hydrogen-bond donors (Lipinski definition) is 0. The van der Waals surface area contributed by atoms with Gasteiger partial charge >= 0.3 is 0 Å². The zero-order chi connectivity index (χ0) is 22.1. The van der Waals surface area contributed by atoms with E-state index in [0.717, 1.165) is 11.3 Å². The Kier molecular flexibility index (Phi) is 5.29. The molecule has 1 aliphatic rings. The Hall–Kier alpha value is -3.77. The summed E-state index contributed by atoms with van der Waals surface area (Å²) >= 11 is 0. The molecule has 0 saturated heterocycles. The molecule has 3 aromatic carbocycles. The van der Waals surface area contributed by atoms with Crippen LogP contribution in [0, 0.1) is 0 Å². The first kappa shape index (κ1) is 20.2. The third kappa shape index (κ3) is 3.59. The molecule has 5 rings (SSSR count). The van der Waals surface area contributed by atoms with Crippen LogP contribution in [0.1, 0.15) is 24.1 Å². The molecule has 6 nitrogen and oxygen atoms in total. The lowest BCUT2D eigenvalue weighted by molar-refractivity contribution is 0.0620. The molecular formula is C26H23NO5. The minimum absolute atomic E-state index is 0.105. The van der Waals surface area contributed by atoms with E-state index in [1.807, 2.05) is 36.4 Å². The van der Waals surface area contributed by atoms with Crippen molar-refractivity contribution in [2.24, 2.45) is 0 Å². The number of benzene rings is 3. The molecule has 4 aromatic rings. The van der Waals surface area contributed by atoms with Crippen LogP contribution in [0.15, 0.2) is 82.2 Å². The first-order chi connectivity index (χ1) is 15.7. The lowest BCUT2D eigenvalue weighted by Gasteiger charge is -2.33. The summed E-state index contributed by atoms with van der Waals surface area (Å²) in [5.41, 5.74) is 2.34. The van der Waals surface area contributed by atoms with Gasteiger partial charge in [-0.2, -0.15) is 0 Å². The highest BCUT2D eigenvalue weighted by molar-refractivity contribution is 5.83. The van der Waals surface area contributed by atoms with Crippen LogP contribution in [-0.2, 0) is 6.54 Å². The summed E-state index contributed by atoms with van der Waals surface area (Å²) < 4.78 is 23.1. The Balaban J connectivity index is 1.49.